The number of rotatable bonds is 11. The van der Waals surface area contributed by atoms with Crippen molar-refractivity contribution in [3.05, 3.63) is 90.0 Å². The summed E-state index contributed by atoms with van der Waals surface area (Å²) in [5.41, 5.74) is 3.42. The van der Waals surface area contributed by atoms with Crippen LogP contribution >= 0.6 is 0 Å². The van der Waals surface area contributed by atoms with Crippen molar-refractivity contribution >= 4 is 5.69 Å². The minimum Gasteiger partial charge on any atom is -0.491 e. The fourth-order valence-electron chi connectivity index (χ4n) is 2.95. The monoisotopic (exact) mass is 390 g/mol. The summed E-state index contributed by atoms with van der Waals surface area (Å²) in [5, 5.41) is 6.92. The molecule has 0 spiro atoms. The molecule has 2 N–H and O–H groups in total. The molecule has 0 fully saturated rings. The third-order valence-electron chi connectivity index (χ3n) is 4.37. The molecule has 0 aliphatic carbocycles. The van der Waals surface area contributed by atoms with Crippen molar-refractivity contribution < 1.29 is 9.47 Å². The molecule has 0 saturated heterocycles. The van der Waals surface area contributed by atoms with Crippen LogP contribution in [0, 0.1) is 0 Å². The first kappa shape index (κ1) is 20.7. The van der Waals surface area contributed by atoms with Gasteiger partial charge in [0.05, 0.1) is 11.8 Å². The molecule has 0 unspecified atom stereocenters. The first-order valence-electron chi connectivity index (χ1n) is 10.2. The molecule has 3 aromatic carbocycles. The van der Waals surface area contributed by atoms with Gasteiger partial charge in [0.15, 0.2) is 0 Å². The Morgan fingerprint density at radius 2 is 1.48 bits per heavy atom. The largest absolute Gasteiger partial charge is 0.491 e. The Labute approximate surface area is 173 Å². The predicted octanol–water partition coefficient (Wildman–Crippen LogP) is 5.25. The van der Waals surface area contributed by atoms with Crippen molar-refractivity contribution in [1.82, 2.24) is 5.32 Å². The number of ether oxygens (including phenoxy) is 2. The van der Waals surface area contributed by atoms with Gasteiger partial charge >= 0.3 is 0 Å². The zero-order chi connectivity index (χ0) is 20.3. The van der Waals surface area contributed by atoms with E-state index in [0.29, 0.717) is 6.61 Å². The summed E-state index contributed by atoms with van der Waals surface area (Å²) in [6.45, 7) is 7.14. The summed E-state index contributed by atoms with van der Waals surface area (Å²) >= 11 is 0. The van der Waals surface area contributed by atoms with Gasteiger partial charge in [0, 0.05) is 19.6 Å². The van der Waals surface area contributed by atoms with E-state index in [4.69, 9.17) is 9.47 Å². The zero-order valence-corrected chi connectivity index (χ0v) is 17.2. The normalized spacial score (nSPS) is 10.7. The lowest BCUT2D eigenvalue weighted by molar-refractivity contribution is 0.242. The van der Waals surface area contributed by atoms with E-state index in [1.165, 1.54) is 5.56 Å². The van der Waals surface area contributed by atoms with E-state index in [-0.39, 0.29) is 6.10 Å². The van der Waals surface area contributed by atoms with Gasteiger partial charge in [0.1, 0.15) is 18.1 Å². The minimum absolute atomic E-state index is 0.199. The highest BCUT2D eigenvalue weighted by molar-refractivity contribution is 5.56. The first-order chi connectivity index (χ1) is 14.2. The van der Waals surface area contributed by atoms with Gasteiger partial charge in [0.2, 0.25) is 0 Å². The number of hydrogen-bond donors (Lipinski definition) is 2. The summed E-state index contributed by atoms with van der Waals surface area (Å²) < 4.78 is 11.7. The molecule has 3 rings (SSSR count). The molecule has 0 aromatic heterocycles. The second kappa shape index (κ2) is 11.1. The molecule has 0 saturated carbocycles. The number of anilines is 1. The quantitative estimate of drug-likeness (QED) is 0.439. The van der Waals surface area contributed by atoms with Crippen molar-refractivity contribution in [3.63, 3.8) is 0 Å². The Morgan fingerprint density at radius 1 is 0.759 bits per heavy atom. The van der Waals surface area contributed by atoms with Crippen molar-refractivity contribution in [2.45, 2.75) is 33.1 Å². The third kappa shape index (κ3) is 7.16. The van der Waals surface area contributed by atoms with Gasteiger partial charge in [0.25, 0.3) is 0 Å². The molecule has 0 radical (unpaired) electrons. The second-order valence-corrected chi connectivity index (χ2v) is 7.18. The Kier molecular flexibility index (Phi) is 7.96. The lowest BCUT2D eigenvalue weighted by Crippen LogP contribution is -2.22. The maximum absolute atomic E-state index is 5.99. The SMILES string of the molecule is CC(C)Oc1ccc(CNCCNc2ccccc2OCc2ccccc2)cc1. The third-order valence-corrected chi connectivity index (χ3v) is 4.37. The summed E-state index contributed by atoms with van der Waals surface area (Å²) in [6, 6.07) is 26.5. The van der Waals surface area contributed by atoms with E-state index >= 15 is 0 Å². The van der Waals surface area contributed by atoms with Gasteiger partial charge in [-0.1, -0.05) is 54.6 Å². The summed E-state index contributed by atoms with van der Waals surface area (Å²) in [7, 11) is 0. The van der Waals surface area contributed by atoms with Crippen LogP contribution in [0.15, 0.2) is 78.9 Å². The molecular weight excluding hydrogens is 360 g/mol. The van der Waals surface area contributed by atoms with Gasteiger partial charge in [-0.2, -0.15) is 0 Å². The average molecular weight is 391 g/mol. The van der Waals surface area contributed by atoms with Crippen LogP contribution in [0.2, 0.25) is 0 Å². The van der Waals surface area contributed by atoms with Crippen molar-refractivity contribution in [2.75, 3.05) is 18.4 Å². The Morgan fingerprint density at radius 3 is 2.24 bits per heavy atom. The summed E-state index contributed by atoms with van der Waals surface area (Å²) in [6.07, 6.45) is 0.199. The molecule has 0 amide bonds. The van der Waals surface area contributed by atoms with E-state index < -0.39 is 0 Å². The van der Waals surface area contributed by atoms with Crippen LogP contribution in [0.4, 0.5) is 5.69 Å². The van der Waals surface area contributed by atoms with Crippen LogP contribution < -0.4 is 20.1 Å². The maximum atomic E-state index is 5.99. The molecule has 4 heteroatoms. The molecule has 4 nitrogen and oxygen atoms in total. The number of hydrogen-bond acceptors (Lipinski definition) is 4. The highest BCUT2D eigenvalue weighted by Crippen LogP contribution is 2.24. The average Bonchev–Trinajstić information content (AvgIpc) is 2.74. The number of nitrogens with one attached hydrogen (secondary N) is 2. The first-order valence-corrected chi connectivity index (χ1v) is 10.2. The predicted molar refractivity (Wildman–Crippen MR) is 120 cm³/mol. The van der Waals surface area contributed by atoms with Crippen LogP contribution in [0.5, 0.6) is 11.5 Å². The lowest BCUT2D eigenvalue weighted by Gasteiger charge is -2.14. The zero-order valence-electron chi connectivity index (χ0n) is 17.2. The Balaban J connectivity index is 1.40. The molecule has 29 heavy (non-hydrogen) atoms. The topological polar surface area (TPSA) is 42.5 Å². The lowest BCUT2D eigenvalue weighted by atomic mass is 10.2. The molecule has 3 aromatic rings. The van der Waals surface area contributed by atoms with Gasteiger partial charge in [-0.25, -0.2) is 0 Å². The fraction of sp³-hybridized carbons (Fsp3) is 0.280. The van der Waals surface area contributed by atoms with Crippen LogP contribution in [0.25, 0.3) is 0 Å². The highest BCUT2D eigenvalue weighted by Gasteiger charge is 2.03. The van der Waals surface area contributed by atoms with Crippen LogP contribution in [-0.4, -0.2) is 19.2 Å². The standard InChI is InChI=1S/C25H30N2O2/c1-20(2)29-23-14-12-21(13-15-23)18-26-16-17-27-24-10-6-7-11-25(24)28-19-22-8-4-3-5-9-22/h3-15,20,26-27H,16-19H2,1-2H3. The number of benzene rings is 3. The minimum atomic E-state index is 0.199. The van der Waals surface area contributed by atoms with Gasteiger partial charge < -0.3 is 20.1 Å². The van der Waals surface area contributed by atoms with E-state index in [2.05, 4.69) is 34.9 Å². The van der Waals surface area contributed by atoms with E-state index in [0.717, 1.165) is 42.4 Å². The van der Waals surface area contributed by atoms with Gasteiger partial charge in [-0.3, -0.25) is 0 Å². The van der Waals surface area contributed by atoms with Crippen molar-refractivity contribution in [2.24, 2.45) is 0 Å². The van der Waals surface area contributed by atoms with Crippen LogP contribution in [0.3, 0.4) is 0 Å². The molecule has 152 valence electrons. The molecule has 0 atom stereocenters. The van der Waals surface area contributed by atoms with E-state index in [9.17, 15) is 0 Å². The number of para-hydroxylation sites is 2. The highest BCUT2D eigenvalue weighted by atomic mass is 16.5. The molecule has 0 aliphatic rings. The molecule has 0 aliphatic heterocycles. The van der Waals surface area contributed by atoms with Gasteiger partial charge in [-0.05, 0) is 49.2 Å². The maximum Gasteiger partial charge on any atom is 0.142 e. The van der Waals surface area contributed by atoms with E-state index in [1.807, 2.05) is 68.4 Å². The molecule has 0 heterocycles. The Bertz CT molecular complexity index is 848. The van der Waals surface area contributed by atoms with Crippen molar-refractivity contribution in [3.8, 4) is 11.5 Å². The van der Waals surface area contributed by atoms with Gasteiger partial charge in [-0.15, -0.1) is 0 Å². The Hall–Kier alpha value is -2.98. The summed E-state index contributed by atoms with van der Waals surface area (Å²) in [4.78, 5) is 0. The molecular formula is C25H30N2O2. The van der Waals surface area contributed by atoms with Crippen molar-refractivity contribution in [1.29, 1.82) is 0 Å². The summed E-state index contributed by atoms with van der Waals surface area (Å²) in [5.74, 6) is 1.79. The smallest absolute Gasteiger partial charge is 0.142 e. The van der Waals surface area contributed by atoms with E-state index in [1.54, 1.807) is 0 Å². The van der Waals surface area contributed by atoms with Crippen LogP contribution in [0.1, 0.15) is 25.0 Å². The van der Waals surface area contributed by atoms with Crippen LogP contribution in [-0.2, 0) is 13.2 Å². The second-order valence-electron chi connectivity index (χ2n) is 7.18. The molecule has 0 bridgehead atoms. The fourth-order valence-corrected chi connectivity index (χ4v) is 2.95.